The van der Waals surface area contributed by atoms with Crippen LogP contribution in [0.4, 0.5) is 15.8 Å². The Labute approximate surface area is 158 Å². The fourth-order valence-electron chi connectivity index (χ4n) is 2.08. The molecule has 2 aromatic carbocycles. The van der Waals surface area contributed by atoms with Gasteiger partial charge in [-0.3, -0.25) is 19.7 Å². The Bertz CT molecular complexity index is 904. The van der Waals surface area contributed by atoms with Crippen molar-refractivity contribution in [3.8, 4) is 5.75 Å². The van der Waals surface area contributed by atoms with Crippen LogP contribution in [0.25, 0.3) is 0 Å². The third-order valence-corrected chi connectivity index (χ3v) is 3.70. The van der Waals surface area contributed by atoms with E-state index in [-0.39, 0.29) is 22.2 Å². The predicted octanol–water partition coefficient (Wildman–Crippen LogP) is 3.11. The summed E-state index contributed by atoms with van der Waals surface area (Å²) in [5.41, 5.74) is -0.142. The molecule has 2 amide bonds. The minimum Gasteiger partial charge on any atom is -0.484 e. The lowest BCUT2D eigenvalue weighted by Gasteiger charge is -2.13. The highest BCUT2D eigenvalue weighted by Crippen LogP contribution is 2.23. The van der Waals surface area contributed by atoms with Crippen molar-refractivity contribution in [2.75, 3.05) is 26.0 Å². The number of amides is 2. The van der Waals surface area contributed by atoms with Crippen LogP contribution in [0.3, 0.4) is 0 Å². The van der Waals surface area contributed by atoms with Crippen molar-refractivity contribution >= 4 is 34.8 Å². The number of benzene rings is 2. The Morgan fingerprint density at radius 1 is 1.26 bits per heavy atom. The van der Waals surface area contributed by atoms with Gasteiger partial charge < -0.3 is 15.0 Å². The van der Waals surface area contributed by atoms with E-state index >= 15 is 0 Å². The summed E-state index contributed by atoms with van der Waals surface area (Å²) in [5.74, 6) is -2.00. The Balaban J connectivity index is 2.02. The SMILES string of the molecule is CN(C)C(=O)c1cc(NC(=O)COc2ccc([N+](=O)[O-])c(F)c2)ccc1Cl. The standard InChI is InChI=1S/C17H15ClFN3O5/c1-21(2)17(24)12-7-10(3-5-13(12)18)20-16(23)9-27-11-4-6-15(22(25)26)14(19)8-11/h3-8H,9H2,1-2H3,(H,20,23). The summed E-state index contributed by atoms with van der Waals surface area (Å²) in [4.78, 5) is 35.1. The van der Waals surface area contributed by atoms with E-state index in [1.807, 2.05) is 0 Å². The maximum Gasteiger partial charge on any atom is 0.305 e. The van der Waals surface area contributed by atoms with E-state index in [4.69, 9.17) is 16.3 Å². The van der Waals surface area contributed by atoms with Gasteiger partial charge in [0.2, 0.25) is 5.82 Å². The second-order valence-electron chi connectivity index (χ2n) is 5.60. The number of hydrogen-bond donors (Lipinski definition) is 1. The van der Waals surface area contributed by atoms with Crippen LogP contribution in [0.5, 0.6) is 5.75 Å². The van der Waals surface area contributed by atoms with Crippen molar-refractivity contribution in [1.82, 2.24) is 4.90 Å². The van der Waals surface area contributed by atoms with Crippen molar-refractivity contribution in [2.24, 2.45) is 0 Å². The molecule has 27 heavy (non-hydrogen) atoms. The van der Waals surface area contributed by atoms with Crippen LogP contribution < -0.4 is 10.1 Å². The Hall–Kier alpha value is -3.20. The summed E-state index contributed by atoms with van der Waals surface area (Å²) in [6, 6.07) is 7.36. The first-order chi connectivity index (χ1) is 12.7. The molecule has 0 radical (unpaired) electrons. The average Bonchev–Trinajstić information content (AvgIpc) is 2.60. The normalized spacial score (nSPS) is 10.2. The van der Waals surface area contributed by atoms with E-state index in [0.29, 0.717) is 5.69 Å². The largest absolute Gasteiger partial charge is 0.484 e. The first-order valence-corrected chi connectivity index (χ1v) is 7.94. The lowest BCUT2D eigenvalue weighted by Crippen LogP contribution is -2.23. The van der Waals surface area contributed by atoms with Crippen molar-refractivity contribution in [3.63, 3.8) is 0 Å². The van der Waals surface area contributed by atoms with Crippen LogP contribution in [0.1, 0.15) is 10.4 Å². The lowest BCUT2D eigenvalue weighted by molar-refractivity contribution is -0.387. The number of nitro benzene ring substituents is 1. The van der Waals surface area contributed by atoms with E-state index < -0.39 is 28.9 Å². The molecule has 0 bridgehead atoms. The number of ether oxygens (including phenoxy) is 1. The van der Waals surface area contributed by atoms with Crippen molar-refractivity contribution in [3.05, 3.63) is 62.9 Å². The minimum absolute atomic E-state index is 0.0344. The number of nitrogens with one attached hydrogen (secondary N) is 1. The molecule has 0 aromatic heterocycles. The van der Waals surface area contributed by atoms with Crippen LogP contribution in [0, 0.1) is 15.9 Å². The molecule has 10 heteroatoms. The zero-order valence-electron chi connectivity index (χ0n) is 14.4. The van der Waals surface area contributed by atoms with Gasteiger partial charge in [-0.05, 0) is 24.3 Å². The molecule has 0 spiro atoms. The van der Waals surface area contributed by atoms with Gasteiger partial charge in [0.1, 0.15) is 5.75 Å². The Morgan fingerprint density at radius 3 is 2.56 bits per heavy atom. The molecule has 0 aliphatic rings. The summed E-state index contributed by atoms with van der Waals surface area (Å²) in [6.45, 7) is -0.461. The van der Waals surface area contributed by atoms with Crippen molar-refractivity contribution in [2.45, 2.75) is 0 Å². The monoisotopic (exact) mass is 395 g/mol. The third kappa shape index (κ3) is 5.14. The summed E-state index contributed by atoms with van der Waals surface area (Å²) >= 11 is 5.99. The van der Waals surface area contributed by atoms with E-state index in [1.54, 1.807) is 14.1 Å². The molecule has 0 aliphatic heterocycles. The Morgan fingerprint density at radius 2 is 1.96 bits per heavy atom. The van der Waals surface area contributed by atoms with Crippen LogP contribution >= 0.6 is 11.6 Å². The number of rotatable bonds is 6. The van der Waals surface area contributed by atoms with Gasteiger partial charge >= 0.3 is 5.69 Å². The molecule has 0 saturated carbocycles. The maximum atomic E-state index is 13.5. The van der Waals surface area contributed by atoms with Gasteiger partial charge in [0.05, 0.1) is 15.5 Å². The lowest BCUT2D eigenvalue weighted by atomic mass is 10.1. The summed E-state index contributed by atoms with van der Waals surface area (Å²) < 4.78 is 18.6. The summed E-state index contributed by atoms with van der Waals surface area (Å²) in [6.07, 6.45) is 0. The van der Waals surface area contributed by atoms with Gasteiger partial charge in [-0.15, -0.1) is 0 Å². The minimum atomic E-state index is -1.07. The van der Waals surface area contributed by atoms with E-state index in [1.165, 1.54) is 29.2 Å². The van der Waals surface area contributed by atoms with E-state index in [9.17, 15) is 24.1 Å². The molecule has 1 N–H and O–H groups in total. The molecule has 2 rings (SSSR count). The number of carbonyl (C=O) groups excluding carboxylic acids is 2. The molecule has 0 saturated heterocycles. The van der Waals surface area contributed by atoms with Crippen molar-refractivity contribution < 1.29 is 23.6 Å². The summed E-state index contributed by atoms with van der Waals surface area (Å²) in [7, 11) is 3.14. The van der Waals surface area contributed by atoms with Crippen LogP contribution in [-0.4, -0.2) is 42.3 Å². The zero-order valence-corrected chi connectivity index (χ0v) is 15.1. The molecule has 0 fully saturated rings. The van der Waals surface area contributed by atoms with E-state index in [2.05, 4.69) is 5.32 Å². The average molecular weight is 396 g/mol. The second-order valence-corrected chi connectivity index (χ2v) is 6.01. The quantitative estimate of drug-likeness (QED) is 0.598. The molecular formula is C17H15ClFN3O5. The third-order valence-electron chi connectivity index (χ3n) is 3.37. The zero-order chi connectivity index (χ0) is 20.1. The highest BCUT2D eigenvalue weighted by Gasteiger charge is 2.16. The highest BCUT2D eigenvalue weighted by molar-refractivity contribution is 6.34. The summed E-state index contributed by atoms with van der Waals surface area (Å²) in [5, 5.41) is 13.3. The molecule has 8 nitrogen and oxygen atoms in total. The fourth-order valence-corrected chi connectivity index (χ4v) is 2.28. The molecule has 2 aromatic rings. The van der Waals surface area contributed by atoms with Crippen LogP contribution in [0.15, 0.2) is 36.4 Å². The first kappa shape index (κ1) is 20.1. The molecular weight excluding hydrogens is 381 g/mol. The van der Waals surface area contributed by atoms with Gasteiger partial charge in [-0.1, -0.05) is 11.6 Å². The Kier molecular flexibility index (Phi) is 6.30. The maximum absolute atomic E-state index is 13.5. The predicted molar refractivity (Wildman–Crippen MR) is 96.6 cm³/mol. The van der Waals surface area contributed by atoms with Gasteiger partial charge in [0.15, 0.2) is 6.61 Å². The van der Waals surface area contributed by atoms with Crippen LogP contribution in [-0.2, 0) is 4.79 Å². The first-order valence-electron chi connectivity index (χ1n) is 7.57. The number of hydrogen-bond acceptors (Lipinski definition) is 5. The topological polar surface area (TPSA) is 102 Å². The molecule has 0 unspecified atom stereocenters. The highest BCUT2D eigenvalue weighted by atomic mass is 35.5. The smallest absolute Gasteiger partial charge is 0.305 e. The molecule has 0 heterocycles. The van der Waals surface area contributed by atoms with Crippen molar-refractivity contribution in [1.29, 1.82) is 0 Å². The molecule has 0 atom stereocenters. The fraction of sp³-hybridized carbons (Fsp3) is 0.176. The van der Waals surface area contributed by atoms with Gasteiger partial charge in [-0.25, -0.2) is 0 Å². The van der Waals surface area contributed by atoms with Gasteiger partial charge in [0, 0.05) is 31.9 Å². The van der Waals surface area contributed by atoms with Gasteiger partial charge in [-0.2, -0.15) is 4.39 Å². The number of anilines is 1. The number of carbonyl (C=O) groups is 2. The van der Waals surface area contributed by atoms with E-state index in [0.717, 1.165) is 12.1 Å². The van der Waals surface area contributed by atoms with Crippen LogP contribution in [0.2, 0.25) is 5.02 Å². The number of halogens is 2. The van der Waals surface area contributed by atoms with Gasteiger partial charge in [0.25, 0.3) is 11.8 Å². The number of nitrogens with zero attached hydrogens (tertiary/aromatic N) is 2. The molecule has 142 valence electrons. The number of nitro groups is 1. The molecule has 0 aliphatic carbocycles. The second kappa shape index (κ2) is 8.45.